The summed E-state index contributed by atoms with van der Waals surface area (Å²) in [5, 5.41) is 22.9. The molecule has 0 fully saturated rings. The van der Waals surface area contributed by atoms with Gasteiger partial charge >= 0.3 is 6.09 Å². The van der Waals surface area contributed by atoms with Gasteiger partial charge < -0.3 is 14.6 Å². The Morgan fingerprint density at radius 1 is 1.00 bits per heavy atom. The molecule has 0 aliphatic carbocycles. The zero-order valence-corrected chi connectivity index (χ0v) is 19.9. The van der Waals surface area contributed by atoms with Gasteiger partial charge in [-0.1, -0.05) is 36.4 Å². The van der Waals surface area contributed by atoms with Crippen molar-refractivity contribution in [2.45, 2.75) is 32.0 Å². The average molecular weight is 493 g/mol. The van der Waals surface area contributed by atoms with Crippen molar-refractivity contribution in [3.63, 3.8) is 0 Å². The number of carbonyl (C=O) groups excluding carboxylic acids is 3. The highest BCUT2D eigenvalue weighted by atomic mass is 16.6. The molecule has 3 rings (SSSR count). The number of hydrogen-bond donors (Lipinski definition) is 4. The molecule has 3 aromatic rings. The molecule has 3 aromatic carbocycles. The molecule has 2 amide bonds. The first-order valence-corrected chi connectivity index (χ1v) is 11.3. The molecule has 188 valence electrons. The number of fused-ring (bicyclic) bond motifs is 1. The Labute approximate surface area is 208 Å². The molecule has 0 aliphatic heterocycles. The molecule has 0 saturated heterocycles. The van der Waals surface area contributed by atoms with Crippen LogP contribution in [0.3, 0.4) is 0 Å². The molecule has 0 saturated carbocycles. The fourth-order valence-electron chi connectivity index (χ4n) is 3.83. The molecule has 0 aliphatic rings. The van der Waals surface area contributed by atoms with Crippen molar-refractivity contribution in [3.05, 3.63) is 83.9 Å². The lowest BCUT2D eigenvalue weighted by Gasteiger charge is -2.27. The standard InChI is InChI=1S/C27H28N2O7/c1-17(30)18-11-13-19(14-12-18)28-27(33)36-26(24(35-2)9-5-6-10-25(32)29-34)22-15-16-23(31)21-8-4-3-7-20(21)22/h3-4,6-8,10-16,24,26,31,34H,5,9H2,1-2H3,(H,28,33)(H,29,32)/b10-6+/t24-,26-/m1/s1. The monoisotopic (exact) mass is 492 g/mol. The number of ether oxygens (including phenoxy) is 2. The topological polar surface area (TPSA) is 134 Å². The molecule has 0 unspecified atom stereocenters. The Bertz CT molecular complexity index is 1250. The Hall–Kier alpha value is -4.21. The van der Waals surface area contributed by atoms with Crippen LogP contribution >= 0.6 is 0 Å². The van der Waals surface area contributed by atoms with Gasteiger partial charge in [-0.25, -0.2) is 10.3 Å². The lowest BCUT2D eigenvalue weighted by molar-refractivity contribution is -0.124. The van der Waals surface area contributed by atoms with E-state index >= 15 is 0 Å². The minimum absolute atomic E-state index is 0.0862. The number of carbonyl (C=O) groups is 3. The summed E-state index contributed by atoms with van der Waals surface area (Å²) < 4.78 is 11.5. The van der Waals surface area contributed by atoms with Gasteiger partial charge in [0.25, 0.3) is 5.91 Å². The van der Waals surface area contributed by atoms with Crippen LogP contribution in [0.5, 0.6) is 5.75 Å². The van der Waals surface area contributed by atoms with Gasteiger partial charge in [-0.15, -0.1) is 0 Å². The van der Waals surface area contributed by atoms with Crippen LogP contribution in [0.4, 0.5) is 10.5 Å². The normalized spacial score (nSPS) is 12.8. The van der Waals surface area contributed by atoms with Crippen molar-refractivity contribution in [1.82, 2.24) is 5.48 Å². The zero-order valence-electron chi connectivity index (χ0n) is 19.9. The van der Waals surface area contributed by atoms with E-state index in [0.717, 1.165) is 0 Å². The molecule has 0 spiro atoms. The molecule has 0 bridgehead atoms. The van der Waals surface area contributed by atoms with E-state index in [1.807, 2.05) is 12.1 Å². The fourth-order valence-corrected chi connectivity index (χ4v) is 3.83. The van der Waals surface area contributed by atoms with Crippen molar-refractivity contribution >= 4 is 34.2 Å². The third-order valence-corrected chi connectivity index (χ3v) is 5.65. The summed E-state index contributed by atoms with van der Waals surface area (Å²) in [7, 11) is 1.49. The predicted molar refractivity (Wildman–Crippen MR) is 134 cm³/mol. The van der Waals surface area contributed by atoms with E-state index in [4.69, 9.17) is 14.7 Å². The van der Waals surface area contributed by atoms with E-state index in [9.17, 15) is 19.5 Å². The first-order chi connectivity index (χ1) is 17.3. The van der Waals surface area contributed by atoms with Crippen molar-refractivity contribution in [2.75, 3.05) is 12.4 Å². The lowest BCUT2D eigenvalue weighted by Crippen LogP contribution is -2.28. The summed E-state index contributed by atoms with van der Waals surface area (Å²) in [4.78, 5) is 35.6. The maximum Gasteiger partial charge on any atom is 0.412 e. The van der Waals surface area contributed by atoms with Crippen molar-refractivity contribution in [3.8, 4) is 5.75 Å². The molecule has 0 radical (unpaired) electrons. The number of phenolic OH excluding ortho intramolecular Hbond substituents is 1. The number of methoxy groups -OCH3 is 1. The second-order valence-electron chi connectivity index (χ2n) is 8.03. The number of amides is 2. The zero-order chi connectivity index (χ0) is 26.1. The first kappa shape index (κ1) is 26.4. The second kappa shape index (κ2) is 12.5. The Morgan fingerprint density at radius 3 is 2.33 bits per heavy atom. The Balaban J connectivity index is 1.89. The number of allylic oxidation sites excluding steroid dienone is 1. The third-order valence-electron chi connectivity index (χ3n) is 5.65. The summed E-state index contributed by atoms with van der Waals surface area (Å²) in [6, 6.07) is 16.8. The van der Waals surface area contributed by atoms with Crippen LogP contribution in [0.25, 0.3) is 10.8 Å². The quantitative estimate of drug-likeness (QED) is 0.137. The highest BCUT2D eigenvalue weighted by molar-refractivity contribution is 5.95. The van der Waals surface area contributed by atoms with E-state index in [1.54, 1.807) is 48.5 Å². The number of nitrogens with one attached hydrogen (secondary N) is 2. The highest BCUT2D eigenvalue weighted by Gasteiger charge is 2.29. The van der Waals surface area contributed by atoms with Gasteiger partial charge in [0, 0.05) is 35.4 Å². The maximum absolute atomic E-state index is 12.9. The number of ketones is 1. The summed E-state index contributed by atoms with van der Waals surface area (Å²) >= 11 is 0. The minimum atomic E-state index is -0.864. The number of hydrogen-bond acceptors (Lipinski definition) is 7. The van der Waals surface area contributed by atoms with Crippen LogP contribution in [0.1, 0.15) is 41.8 Å². The smallest absolute Gasteiger partial charge is 0.412 e. The molecule has 36 heavy (non-hydrogen) atoms. The molecule has 9 nitrogen and oxygen atoms in total. The van der Waals surface area contributed by atoms with Gasteiger partial charge in [-0.2, -0.15) is 0 Å². The fraction of sp³-hybridized carbons (Fsp3) is 0.222. The van der Waals surface area contributed by atoms with Crippen LogP contribution in [0, 0.1) is 0 Å². The van der Waals surface area contributed by atoms with Gasteiger partial charge in [-0.05, 0) is 55.5 Å². The molecule has 2 atom stereocenters. The van der Waals surface area contributed by atoms with Gasteiger partial charge in [0.15, 0.2) is 11.9 Å². The summed E-state index contributed by atoms with van der Waals surface area (Å²) in [5.41, 5.74) is 3.13. The third kappa shape index (κ3) is 6.68. The summed E-state index contributed by atoms with van der Waals surface area (Å²) in [6.07, 6.45) is 1.34. The lowest BCUT2D eigenvalue weighted by atomic mass is 9.94. The number of benzene rings is 3. The van der Waals surface area contributed by atoms with Crippen LogP contribution in [-0.2, 0) is 14.3 Å². The second-order valence-corrected chi connectivity index (χ2v) is 8.03. The molecular weight excluding hydrogens is 464 g/mol. The van der Waals surface area contributed by atoms with Crippen LogP contribution in [0.2, 0.25) is 0 Å². The number of Topliss-reactive ketones (excluding diaryl/α,β-unsaturated/α-hetero) is 1. The van der Waals surface area contributed by atoms with E-state index in [1.165, 1.54) is 31.7 Å². The number of phenols is 1. The van der Waals surface area contributed by atoms with E-state index < -0.39 is 24.2 Å². The Morgan fingerprint density at radius 2 is 1.69 bits per heavy atom. The van der Waals surface area contributed by atoms with Gasteiger partial charge in [0.05, 0.1) is 6.10 Å². The highest BCUT2D eigenvalue weighted by Crippen LogP contribution is 2.36. The van der Waals surface area contributed by atoms with Crippen LogP contribution in [-0.4, -0.2) is 41.3 Å². The van der Waals surface area contributed by atoms with Gasteiger partial charge in [0.1, 0.15) is 5.75 Å². The van der Waals surface area contributed by atoms with Gasteiger partial charge in [-0.3, -0.25) is 20.1 Å². The van der Waals surface area contributed by atoms with Crippen molar-refractivity contribution in [1.29, 1.82) is 0 Å². The summed E-state index contributed by atoms with van der Waals surface area (Å²) in [6.45, 7) is 1.46. The van der Waals surface area contributed by atoms with E-state index in [0.29, 0.717) is 40.4 Å². The summed E-state index contributed by atoms with van der Waals surface area (Å²) in [5.74, 6) is -0.650. The van der Waals surface area contributed by atoms with Gasteiger partial charge in [0.2, 0.25) is 0 Å². The molecular formula is C27H28N2O7. The molecule has 9 heteroatoms. The predicted octanol–water partition coefficient (Wildman–Crippen LogP) is 4.89. The SMILES string of the molecule is CO[C@H](CC/C=C/C(=O)NO)[C@H](OC(=O)Nc1ccc(C(C)=O)cc1)c1ccc(O)c2ccccc12. The number of anilines is 1. The Kier molecular flexibility index (Phi) is 9.15. The van der Waals surface area contributed by atoms with Crippen LogP contribution < -0.4 is 10.8 Å². The largest absolute Gasteiger partial charge is 0.507 e. The maximum atomic E-state index is 12.9. The molecule has 0 aromatic heterocycles. The van der Waals surface area contributed by atoms with Crippen LogP contribution in [0.15, 0.2) is 72.8 Å². The first-order valence-electron chi connectivity index (χ1n) is 11.3. The average Bonchev–Trinajstić information content (AvgIpc) is 2.88. The minimum Gasteiger partial charge on any atom is -0.507 e. The molecule has 0 heterocycles. The molecule has 4 N–H and O–H groups in total. The number of aromatic hydroxyl groups is 1. The number of rotatable bonds is 10. The number of hydroxylamine groups is 1. The van der Waals surface area contributed by atoms with E-state index in [2.05, 4.69) is 5.32 Å². The van der Waals surface area contributed by atoms with Crippen molar-refractivity contribution in [2.24, 2.45) is 0 Å². The van der Waals surface area contributed by atoms with Crippen molar-refractivity contribution < 1.29 is 34.2 Å². The van der Waals surface area contributed by atoms with E-state index in [-0.39, 0.29) is 11.5 Å².